The molecular weight excluding hydrogens is 284 g/mol. The molecule has 1 aliphatic heterocycles. The molecule has 1 fully saturated rings. The predicted octanol–water partition coefficient (Wildman–Crippen LogP) is 1.84. The van der Waals surface area contributed by atoms with Crippen LogP contribution in [0.5, 0.6) is 0 Å². The topological polar surface area (TPSA) is 78.3 Å². The van der Waals surface area contributed by atoms with Gasteiger partial charge in [-0.25, -0.2) is 14.5 Å². The van der Waals surface area contributed by atoms with Gasteiger partial charge in [-0.05, 0) is 31.4 Å². The summed E-state index contributed by atoms with van der Waals surface area (Å²) in [5.74, 6) is -0.511. The lowest BCUT2D eigenvalue weighted by molar-refractivity contribution is -0.0395. The number of hydrogen-bond donors (Lipinski definition) is 1. The van der Waals surface area contributed by atoms with Gasteiger partial charge in [-0.15, -0.1) is 5.48 Å². The van der Waals surface area contributed by atoms with Gasteiger partial charge >= 0.3 is 5.97 Å². The Kier molecular flexibility index (Phi) is 4.77. The number of aromatic nitrogens is 3. The number of carbonyl (C=O) groups excluding carboxylic acids is 1. The first kappa shape index (κ1) is 14.7. The number of nitrogens with one attached hydrogen (secondary N) is 1. The van der Waals surface area contributed by atoms with E-state index in [1.54, 1.807) is 30.6 Å². The van der Waals surface area contributed by atoms with Crippen LogP contribution in [-0.4, -0.2) is 27.3 Å². The molecule has 2 aromatic rings. The highest BCUT2D eigenvalue weighted by atomic mass is 16.7. The molecule has 1 atom stereocenters. The molecular formula is C15H18N4O3. The van der Waals surface area contributed by atoms with Crippen molar-refractivity contribution in [1.29, 1.82) is 0 Å². The highest BCUT2D eigenvalue weighted by Gasteiger charge is 2.16. The van der Waals surface area contributed by atoms with Gasteiger partial charge in [0.1, 0.15) is 11.9 Å². The van der Waals surface area contributed by atoms with Gasteiger partial charge in [0.15, 0.2) is 0 Å². The fourth-order valence-corrected chi connectivity index (χ4v) is 2.28. The largest absolute Gasteiger partial charge is 0.375 e. The Morgan fingerprint density at radius 2 is 2.41 bits per heavy atom. The van der Waals surface area contributed by atoms with Crippen LogP contribution in [0.2, 0.25) is 0 Å². The molecule has 1 unspecified atom stereocenters. The lowest BCUT2D eigenvalue weighted by Crippen LogP contribution is -2.20. The molecule has 0 saturated carbocycles. The quantitative estimate of drug-likeness (QED) is 0.849. The van der Waals surface area contributed by atoms with Crippen LogP contribution in [-0.2, 0) is 16.1 Å². The molecule has 0 spiro atoms. The summed E-state index contributed by atoms with van der Waals surface area (Å²) in [5, 5.41) is 4.29. The zero-order valence-electron chi connectivity index (χ0n) is 12.1. The summed E-state index contributed by atoms with van der Waals surface area (Å²) in [5.41, 5.74) is 3.82. The molecule has 3 rings (SSSR count). The van der Waals surface area contributed by atoms with E-state index < -0.39 is 5.97 Å². The van der Waals surface area contributed by atoms with Gasteiger partial charge in [0, 0.05) is 24.6 Å². The summed E-state index contributed by atoms with van der Waals surface area (Å²) in [6.45, 7) is 1.16. The van der Waals surface area contributed by atoms with E-state index in [2.05, 4.69) is 15.6 Å². The van der Waals surface area contributed by atoms with Crippen LogP contribution in [0.3, 0.4) is 0 Å². The van der Waals surface area contributed by atoms with Gasteiger partial charge < -0.3 is 9.57 Å². The van der Waals surface area contributed by atoms with Crippen molar-refractivity contribution in [2.45, 2.75) is 32.0 Å². The summed E-state index contributed by atoms with van der Waals surface area (Å²) in [6, 6.07) is 5.08. The van der Waals surface area contributed by atoms with E-state index in [-0.39, 0.29) is 11.9 Å². The number of hydrogen-bond acceptors (Lipinski definition) is 6. The van der Waals surface area contributed by atoms with Crippen molar-refractivity contribution < 1.29 is 14.4 Å². The van der Waals surface area contributed by atoms with Crippen molar-refractivity contribution in [1.82, 2.24) is 20.2 Å². The van der Waals surface area contributed by atoms with Crippen LogP contribution >= 0.6 is 0 Å². The van der Waals surface area contributed by atoms with Crippen LogP contribution in [0.1, 0.15) is 41.5 Å². The minimum atomic E-state index is -0.511. The van der Waals surface area contributed by atoms with Gasteiger partial charge in [0.2, 0.25) is 0 Å². The molecule has 7 heteroatoms. The van der Waals surface area contributed by atoms with E-state index in [1.165, 1.54) is 0 Å². The number of nitrogens with zero attached hydrogens (tertiary/aromatic N) is 3. The van der Waals surface area contributed by atoms with E-state index >= 15 is 0 Å². The summed E-state index contributed by atoms with van der Waals surface area (Å²) >= 11 is 0. The lowest BCUT2D eigenvalue weighted by Gasteiger charge is -2.22. The van der Waals surface area contributed by atoms with Crippen LogP contribution < -0.4 is 5.48 Å². The number of ether oxygens (including phenoxy) is 1. The van der Waals surface area contributed by atoms with Crippen molar-refractivity contribution in [3.8, 4) is 0 Å². The molecule has 7 nitrogen and oxygen atoms in total. The Bertz CT molecular complexity index is 608. The molecule has 1 N–H and O–H groups in total. The number of pyridine rings is 1. The molecule has 2 aromatic heterocycles. The van der Waals surface area contributed by atoms with Gasteiger partial charge in [0.25, 0.3) is 0 Å². The monoisotopic (exact) mass is 302 g/mol. The molecule has 1 saturated heterocycles. The number of rotatable bonds is 5. The third-order valence-electron chi connectivity index (χ3n) is 3.42. The zero-order chi connectivity index (χ0) is 15.2. The van der Waals surface area contributed by atoms with E-state index in [0.29, 0.717) is 6.54 Å². The Balaban J connectivity index is 1.48. The van der Waals surface area contributed by atoms with Crippen molar-refractivity contribution in [3.05, 3.63) is 48.0 Å². The molecule has 116 valence electrons. The average molecular weight is 302 g/mol. The first-order valence-electron chi connectivity index (χ1n) is 7.32. The lowest BCUT2D eigenvalue weighted by atomic mass is 10.2. The van der Waals surface area contributed by atoms with Gasteiger partial charge in [-0.3, -0.25) is 0 Å². The van der Waals surface area contributed by atoms with Gasteiger partial charge in [-0.1, -0.05) is 6.07 Å². The van der Waals surface area contributed by atoms with E-state index in [1.807, 2.05) is 10.9 Å². The second-order valence-corrected chi connectivity index (χ2v) is 5.08. The Morgan fingerprint density at radius 1 is 1.45 bits per heavy atom. The highest BCUT2D eigenvalue weighted by molar-refractivity contribution is 5.86. The Morgan fingerprint density at radius 3 is 3.18 bits per heavy atom. The third kappa shape index (κ3) is 3.69. The third-order valence-corrected chi connectivity index (χ3v) is 3.42. The van der Waals surface area contributed by atoms with Crippen molar-refractivity contribution >= 4 is 5.97 Å². The molecule has 22 heavy (non-hydrogen) atoms. The molecule has 0 amide bonds. The van der Waals surface area contributed by atoms with Crippen molar-refractivity contribution in [2.24, 2.45) is 0 Å². The fourth-order valence-electron chi connectivity index (χ4n) is 2.28. The fraction of sp³-hybridized carbons (Fsp3) is 0.400. The van der Waals surface area contributed by atoms with E-state index in [9.17, 15) is 4.79 Å². The molecule has 0 aliphatic carbocycles. The van der Waals surface area contributed by atoms with E-state index in [0.717, 1.165) is 31.4 Å². The molecule has 0 bridgehead atoms. The number of carbonyl (C=O) groups is 1. The SMILES string of the molecule is O=C(ONCc1cnn(C2CCCCO2)c1)c1ccccn1. The standard InChI is InChI=1S/C15H18N4O3/c20-15(13-5-1-3-7-16-13)22-18-10-12-9-17-19(11-12)14-6-2-4-8-21-14/h1,3,5,7,9,11,14,18H,2,4,6,8,10H2. The van der Waals surface area contributed by atoms with Crippen LogP contribution in [0.15, 0.2) is 36.8 Å². The smallest absolute Gasteiger partial charge is 0.365 e. The van der Waals surface area contributed by atoms with Crippen LogP contribution in [0.25, 0.3) is 0 Å². The predicted molar refractivity (Wildman–Crippen MR) is 77.6 cm³/mol. The summed E-state index contributed by atoms with van der Waals surface area (Å²) in [7, 11) is 0. The maximum Gasteiger partial charge on any atom is 0.375 e. The molecule has 0 aromatic carbocycles. The van der Waals surface area contributed by atoms with Crippen LogP contribution in [0.4, 0.5) is 0 Å². The second kappa shape index (κ2) is 7.15. The summed E-state index contributed by atoms with van der Waals surface area (Å²) in [4.78, 5) is 20.6. The normalized spacial score (nSPS) is 18.1. The Labute approximate surface area is 128 Å². The maximum atomic E-state index is 11.7. The van der Waals surface area contributed by atoms with Crippen molar-refractivity contribution in [3.63, 3.8) is 0 Å². The minimum absolute atomic E-state index is 0.0126. The summed E-state index contributed by atoms with van der Waals surface area (Å²) in [6.07, 6.45) is 8.43. The molecule has 0 radical (unpaired) electrons. The zero-order valence-corrected chi connectivity index (χ0v) is 12.1. The Hall–Kier alpha value is -2.25. The average Bonchev–Trinajstić information content (AvgIpc) is 3.05. The first-order valence-corrected chi connectivity index (χ1v) is 7.32. The van der Waals surface area contributed by atoms with E-state index in [4.69, 9.17) is 9.57 Å². The second-order valence-electron chi connectivity index (χ2n) is 5.08. The maximum absolute atomic E-state index is 11.7. The minimum Gasteiger partial charge on any atom is -0.365 e. The van der Waals surface area contributed by atoms with Crippen LogP contribution in [0, 0.1) is 0 Å². The summed E-state index contributed by atoms with van der Waals surface area (Å²) < 4.78 is 7.48. The van der Waals surface area contributed by atoms with Crippen molar-refractivity contribution in [2.75, 3.05) is 6.61 Å². The van der Waals surface area contributed by atoms with Gasteiger partial charge in [0.05, 0.1) is 12.7 Å². The van der Waals surface area contributed by atoms with Gasteiger partial charge in [-0.2, -0.15) is 5.10 Å². The molecule has 1 aliphatic rings. The first-order chi connectivity index (χ1) is 10.8. The number of hydroxylamine groups is 1. The molecule has 3 heterocycles. The highest BCUT2D eigenvalue weighted by Crippen LogP contribution is 2.21.